The van der Waals surface area contributed by atoms with Crippen LogP contribution in [0.15, 0.2) is 29.4 Å². The number of fused-ring (bicyclic) bond motifs is 1. The molecule has 0 saturated carbocycles. The largest absolute Gasteiger partial charge is 0.316 e. The number of hydrogen-bond acceptors (Lipinski definition) is 6. The summed E-state index contributed by atoms with van der Waals surface area (Å²) in [5.74, 6) is 1.41. The summed E-state index contributed by atoms with van der Waals surface area (Å²) in [6.07, 6.45) is 2.98. The Kier molecular flexibility index (Phi) is 6.65. The van der Waals surface area contributed by atoms with Gasteiger partial charge in [-0.2, -0.15) is 5.26 Å². The van der Waals surface area contributed by atoms with Crippen LogP contribution in [0, 0.1) is 17.2 Å². The monoisotopic (exact) mass is 471 g/mol. The van der Waals surface area contributed by atoms with E-state index in [0.717, 1.165) is 36.2 Å². The summed E-state index contributed by atoms with van der Waals surface area (Å²) >= 11 is 8.86. The van der Waals surface area contributed by atoms with Crippen LogP contribution in [0.5, 0.6) is 0 Å². The van der Waals surface area contributed by atoms with Crippen molar-refractivity contribution in [1.82, 2.24) is 14.8 Å². The quantitative estimate of drug-likeness (QED) is 0.486. The fourth-order valence-electron chi connectivity index (χ4n) is 3.74. The summed E-state index contributed by atoms with van der Waals surface area (Å²) in [5, 5.41) is 23.2. The van der Waals surface area contributed by atoms with E-state index in [0.29, 0.717) is 33.2 Å². The van der Waals surface area contributed by atoms with Crippen LogP contribution < -0.4 is 5.32 Å². The Morgan fingerprint density at radius 1 is 1.39 bits per heavy atom. The molecule has 1 atom stereocenters. The number of thiophene rings is 1. The fourth-order valence-corrected chi connectivity index (χ4v) is 6.05. The van der Waals surface area contributed by atoms with Gasteiger partial charge in [-0.05, 0) is 61.9 Å². The Labute approximate surface area is 194 Å². The maximum atomic E-state index is 12.6. The van der Waals surface area contributed by atoms with Gasteiger partial charge in [0.2, 0.25) is 5.91 Å². The van der Waals surface area contributed by atoms with E-state index in [1.807, 2.05) is 35.8 Å². The van der Waals surface area contributed by atoms with Crippen LogP contribution in [0.25, 0.3) is 11.4 Å². The maximum Gasteiger partial charge on any atom is 0.235 e. The van der Waals surface area contributed by atoms with Gasteiger partial charge >= 0.3 is 0 Å². The number of anilines is 1. The second-order valence-electron chi connectivity index (χ2n) is 7.56. The predicted molar refractivity (Wildman–Crippen MR) is 126 cm³/mol. The lowest BCUT2D eigenvalue weighted by atomic mass is 9.89. The summed E-state index contributed by atoms with van der Waals surface area (Å²) in [6.45, 7) is 4.93. The molecular formula is C22H22ClN5OS2. The van der Waals surface area contributed by atoms with Gasteiger partial charge in [-0.25, -0.2) is 0 Å². The molecule has 6 nitrogen and oxygen atoms in total. The van der Waals surface area contributed by atoms with E-state index in [-0.39, 0.29) is 11.7 Å². The topological polar surface area (TPSA) is 83.6 Å². The minimum Gasteiger partial charge on any atom is -0.316 e. The number of nitrogens with one attached hydrogen (secondary N) is 1. The van der Waals surface area contributed by atoms with Gasteiger partial charge in [-0.3, -0.25) is 4.79 Å². The zero-order valence-electron chi connectivity index (χ0n) is 17.3. The molecule has 4 rings (SSSR count). The van der Waals surface area contributed by atoms with Crippen LogP contribution >= 0.6 is 34.7 Å². The third-order valence-corrected chi connectivity index (χ3v) is 7.73. The lowest BCUT2D eigenvalue weighted by Gasteiger charge is -2.17. The first-order valence-corrected chi connectivity index (χ1v) is 12.3. The molecule has 1 aromatic carbocycles. The van der Waals surface area contributed by atoms with Gasteiger partial charge in [0.25, 0.3) is 0 Å². The Hall–Kier alpha value is -2.34. The van der Waals surface area contributed by atoms with Gasteiger partial charge in [-0.1, -0.05) is 30.3 Å². The van der Waals surface area contributed by atoms with Crippen molar-refractivity contribution in [1.29, 1.82) is 5.26 Å². The van der Waals surface area contributed by atoms with Gasteiger partial charge < -0.3 is 9.88 Å². The highest BCUT2D eigenvalue weighted by molar-refractivity contribution is 7.99. The summed E-state index contributed by atoms with van der Waals surface area (Å²) < 4.78 is 1.98. The van der Waals surface area contributed by atoms with Gasteiger partial charge in [0.15, 0.2) is 11.0 Å². The van der Waals surface area contributed by atoms with E-state index in [9.17, 15) is 10.1 Å². The molecule has 1 amide bonds. The molecule has 9 heteroatoms. The maximum absolute atomic E-state index is 12.6. The number of rotatable bonds is 6. The predicted octanol–water partition coefficient (Wildman–Crippen LogP) is 5.41. The van der Waals surface area contributed by atoms with E-state index in [4.69, 9.17) is 11.6 Å². The number of carbonyl (C=O) groups is 1. The average molecular weight is 472 g/mol. The first-order valence-electron chi connectivity index (χ1n) is 10.2. The first-order chi connectivity index (χ1) is 15.0. The van der Waals surface area contributed by atoms with Crippen molar-refractivity contribution in [3.05, 3.63) is 45.3 Å². The third-order valence-electron chi connectivity index (χ3n) is 5.34. The molecule has 160 valence electrons. The Bertz CT molecular complexity index is 1150. The van der Waals surface area contributed by atoms with Gasteiger partial charge in [0, 0.05) is 22.0 Å². The van der Waals surface area contributed by atoms with Crippen molar-refractivity contribution in [3.63, 3.8) is 0 Å². The number of benzene rings is 1. The van der Waals surface area contributed by atoms with Crippen molar-refractivity contribution >= 4 is 45.6 Å². The highest BCUT2D eigenvalue weighted by Crippen LogP contribution is 2.39. The van der Waals surface area contributed by atoms with Crippen molar-refractivity contribution < 1.29 is 4.79 Å². The van der Waals surface area contributed by atoms with E-state index < -0.39 is 0 Å². The van der Waals surface area contributed by atoms with Gasteiger partial charge in [0.05, 0.1) is 11.3 Å². The molecule has 2 heterocycles. The van der Waals surface area contributed by atoms with Crippen LogP contribution in [-0.2, 0) is 24.2 Å². The number of nitrogens with zero attached hydrogens (tertiary/aromatic N) is 4. The summed E-state index contributed by atoms with van der Waals surface area (Å²) in [6, 6.07) is 9.74. The number of aromatic nitrogens is 3. The van der Waals surface area contributed by atoms with Gasteiger partial charge in [-0.15, -0.1) is 21.5 Å². The van der Waals surface area contributed by atoms with E-state index in [1.54, 1.807) is 11.3 Å². The molecule has 1 N–H and O–H groups in total. The molecule has 0 bridgehead atoms. The second kappa shape index (κ2) is 9.43. The van der Waals surface area contributed by atoms with E-state index >= 15 is 0 Å². The zero-order chi connectivity index (χ0) is 22.0. The molecule has 2 aromatic heterocycles. The lowest BCUT2D eigenvalue weighted by Crippen LogP contribution is -2.14. The third kappa shape index (κ3) is 4.64. The minimum atomic E-state index is -0.146. The molecule has 0 spiro atoms. The van der Waals surface area contributed by atoms with Crippen LogP contribution in [0.1, 0.15) is 36.3 Å². The SMILES string of the molecule is CCn1c(SCC(=O)Nc2sc3c(c2C#N)CCC(C)C3)nnc1-c1ccc(Cl)cc1. The van der Waals surface area contributed by atoms with Crippen LogP contribution in [-0.4, -0.2) is 26.4 Å². The number of nitriles is 1. The molecule has 1 unspecified atom stereocenters. The zero-order valence-corrected chi connectivity index (χ0v) is 19.7. The molecule has 3 aromatic rings. The molecule has 0 fully saturated rings. The summed E-state index contributed by atoms with van der Waals surface area (Å²) in [7, 11) is 0. The number of halogens is 1. The number of hydrogen-bond donors (Lipinski definition) is 1. The smallest absolute Gasteiger partial charge is 0.235 e. The Morgan fingerprint density at radius 2 is 2.16 bits per heavy atom. The van der Waals surface area contributed by atoms with Crippen LogP contribution in [0.4, 0.5) is 5.00 Å². The Morgan fingerprint density at radius 3 is 2.87 bits per heavy atom. The highest BCUT2D eigenvalue weighted by atomic mass is 35.5. The highest BCUT2D eigenvalue weighted by Gasteiger charge is 2.25. The van der Waals surface area contributed by atoms with E-state index in [1.165, 1.54) is 16.6 Å². The molecular weight excluding hydrogens is 450 g/mol. The normalized spacial score (nSPS) is 15.4. The number of thioether (sulfide) groups is 1. The minimum absolute atomic E-state index is 0.146. The molecule has 31 heavy (non-hydrogen) atoms. The molecule has 0 radical (unpaired) electrons. The molecule has 0 saturated heterocycles. The summed E-state index contributed by atoms with van der Waals surface area (Å²) in [5.41, 5.74) is 2.67. The van der Waals surface area contributed by atoms with Crippen molar-refractivity contribution in [2.75, 3.05) is 11.1 Å². The van der Waals surface area contributed by atoms with Crippen LogP contribution in [0.2, 0.25) is 5.02 Å². The first kappa shape index (κ1) is 21.9. The van der Waals surface area contributed by atoms with Crippen LogP contribution in [0.3, 0.4) is 0 Å². The molecule has 1 aliphatic carbocycles. The van der Waals surface area contributed by atoms with Crippen molar-refractivity contribution in [3.8, 4) is 17.5 Å². The molecule has 1 aliphatic rings. The standard InChI is InChI=1S/C22H22ClN5OS2/c1-3-28-20(14-5-7-15(23)8-6-14)26-27-22(28)30-12-19(29)25-21-17(11-24)16-9-4-13(2)10-18(16)31-21/h5-8,13H,3-4,9-10,12H2,1-2H3,(H,25,29). The second-order valence-corrected chi connectivity index (χ2v) is 10.0. The Balaban J connectivity index is 1.45. The average Bonchev–Trinajstić information content (AvgIpc) is 3.32. The van der Waals surface area contributed by atoms with Gasteiger partial charge in [0.1, 0.15) is 11.1 Å². The lowest BCUT2D eigenvalue weighted by molar-refractivity contribution is -0.113. The number of carbonyl (C=O) groups excluding carboxylic acids is 1. The number of amides is 1. The van der Waals surface area contributed by atoms with Crippen molar-refractivity contribution in [2.45, 2.75) is 44.8 Å². The summed E-state index contributed by atoms with van der Waals surface area (Å²) in [4.78, 5) is 13.9. The van der Waals surface area contributed by atoms with Crippen molar-refractivity contribution in [2.24, 2.45) is 5.92 Å². The fraction of sp³-hybridized carbons (Fsp3) is 0.364. The molecule has 0 aliphatic heterocycles. The van der Waals surface area contributed by atoms with E-state index in [2.05, 4.69) is 28.5 Å².